The molecule has 5 heteroatoms. The number of hydrogen-bond donors (Lipinski definition) is 1. The van der Waals surface area contributed by atoms with Crippen molar-refractivity contribution in [1.29, 1.82) is 0 Å². The van der Waals surface area contributed by atoms with Gasteiger partial charge in [-0.15, -0.1) is 0 Å². The third kappa shape index (κ3) is 4.08. The van der Waals surface area contributed by atoms with Gasteiger partial charge < -0.3 is 14.7 Å². The van der Waals surface area contributed by atoms with Crippen molar-refractivity contribution < 1.29 is 19.4 Å². The normalized spacial score (nSPS) is 37.0. The molecular formula is C22H35NO4. The first kappa shape index (κ1) is 20.4. The highest BCUT2D eigenvalue weighted by Gasteiger charge is 2.53. The predicted molar refractivity (Wildman–Crippen MR) is 104 cm³/mol. The largest absolute Gasteiger partial charge is 0.458 e. The number of esters is 1. The third-order valence-electron chi connectivity index (χ3n) is 7.20. The lowest BCUT2D eigenvalue weighted by Crippen LogP contribution is -2.56. The lowest BCUT2D eigenvalue weighted by atomic mass is 9.57. The third-order valence-corrected chi connectivity index (χ3v) is 7.20. The van der Waals surface area contributed by atoms with E-state index in [4.69, 9.17) is 4.74 Å². The maximum Gasteiger partial charge on any atom is 0.303 e. The molecule has 0 saturated heterocycles. The van der Waals surface area contributed by atoms with Crippen LogP contribution in [0.25, 0.3) is 0 Å². The van der Waals surface area contributed by atoms with Crippen LogP contribution in [0, 0.1) is 23.7 Å². The van der Waals surface area contributed by atoms with Crippen LogP contribution in [-0.2, 0) is 14.3 Å². The van der Waals surface area contributed by atoms with Crippen molar-refractivity contribution in [2.24, 2.45) is 23.7 Å². The van der Waals surface area contributed by atoms with E-state index in [2.05, 4.69) is 19.9 Å². The zero-order valence-electron chi connectivity index (χ0n) is 17.4. The molecule has 0 aromatic heterocycles. The number of nitrogens with zero attached hydrogens (tertiary/aromatic N) is 1. The fourth-order valence-electron chi connectivity index (χ4n) is 5.36. The summed E-state index contributed by atoms with van der Waals surface area (Å²) in [6.45, 7) is 10.2. The van der Waals surface area contributed by atoms with Gasteiger partial charge in [-0.25, -0.2) is 0 Å². The summed E-state index contributed by atoms with van der Waals surface area (Å²) in [6.07, 6.45) is 6.56. The molecular weight excluding hydrogens is 342 g/mol. The first-order valence-electron chi connectivity index (χ1n) is 10.5. The molecule has 3 aliphatic carbocycles. The number of carbonyl (C=O) groups excluding carboxylic acids is 2. The maximum absolute atomic E-state index is 12.1. The fourth-order valence-corrected chi connectivity index (χ4v) is 5.36. The summed E-state index contributed by atoms with van der Waals surface area (Å²) in [5.74, 6) is 0.739. The van der Waals surface area contributed by atoms with Crippen molar-refractivity contribution in [3.05, 3.63) is 11.6 Å². The monoisotopic (exact) mass is 377 g/mol. The Morgan fingerprint density at radius 3 is 2.52 bits per heavy atom. The zero-order chi connectivity index (χ0) is 19.9. The summed E-state index contributed by atoms with van der Waals surface area (Å²) in [4.78, 5) is 25.5. The van der Waals surface area contributed by atoms with Gasteiger partial charge in [0, 0.05) is 38.8 Å². The van der Waals surface area contributed by atoms with Crippen LogP contribution in [-0.4, -0.2) is 46.2 Å². The van der Waals surface area contributed by atoms with Gasteiger partial charge >= 0.3 is 5.97 Å². The number of carbonyl (C=O) groups is 2. The molecule has 1 N–H and O–H groups in total. The molecule has 152 valence electrons. The number of ether oxygens (including phenoxy) is 1. The molecule has 0 heterocycles. The van der Waals surface area contributed by atoms with Crippen molar-refractivity contribution >= 4 is 11.9 Å². The van der Waals surface area contributed by atoms with E-state index < -0.39 is 5.60 Å². The molecule has 27 heavy (non-hydrogen) atoms. The van der Waals surface area contributed by atoms with E-state index >= 15 is 0 Å². The smallest absolute Gasteiger partial charge is 0.303 e. The highest BCUT2D eigenvalue weighted by atomic mass is 16.5. The lowest BCUT2D eigenvalue weighted by molar-refractivity contribution is -0.159. The molecule has 0 bridgehead atoms. The maximum atomic E-state index is 12.1. The second kappa shape index (κ2) is 7.57. The Labute approximate surface area is 163 Å². The Hall–Kier alpha value is -1.36. The van der Waals surface area contributed by atoms with E-state index in [1.54, 1.807) is 6.92 Å². The molecule has 5 nitrogen and oxygen atoms in total. The topological polar surface area (TPSA) is 66.8 Å². The van der Waals surface area contributed by atoms with E-state index in [0.29, 0.717) is 24.3 Å². The van der Waals surface area contributed by atoms with Gasteiger partial charge in [0.2, 0.25) is 5.91 Å². The fraction of sp³-hybridized carbons (Fsp3) is 0.818. The molecule has 2 saturated carbocycles. The first-order chi connectivity index (χ1) is 12.6. The summed E-state index contributed by atoms with van der Waals surface area (Å²) < 4.78 is 5.48. The van der Waals surface area contributed by atoms with Crippen LogP contribution in [0.15, 0.2) is 11.6 Å². The molecule has 0 aromatic rings. The number of fused-ring (bicyclic) bond motifs is 1. The van der Waals surface area contributed by atoms with Crippen molar-refractivity contribution in [3.63, 3.8) is 0 Å². The first-order valence-corrected chi connectivity index (χ1v) is 10.5. The average Bonchev–Trinajstić information content (AvgIpc) is 3.39. The van der Waals surface area contributed by atoms with Gasteiger partial charge in [-0.2, -0.15) is 0 Å². The minimum absolute atomic E-state index is 0.0519. The van der Waals surface area contributed by atoms with Crippen molar-refractivity contribution in [2.75, 3.05) is 6.54 Å². The molecule has 0 aromatic carbocycles. The van der Waals surface area contributed by atoms with Gasteiger partial charge in [-0.3, -0.25) is 9.59 Å². The summed E-state index contributed by atoms with van der Waals surface area (Å²) in [5.41, 5.74) is 0.189. The number of hydrogen-bond acceptors (Lipinski definition) is 4. The molecule has 0 spiro atoms. The summed E-state index contributed by atoms with van der Waals surface area (Å²) >= 11 is 0. The number of amides is 1. The Morgan fingerprint density at radius 1 is 1.30 bits per heavy atom. The minimum Gasteiger partial charge on any atom is -0.458 e. The molecule has 3 aliphatic rings. The lowest BCUT2D eigenvalue weighted by Gasteiger charge is -2.53. The molecule has 6 atom stereocenters. The van der Waals surface area contributed by atoms with Crippen molar-refractivity contribution in [1.82, 2.24) is 4.90 Å². The van der Waals surface area contributed by atoms with Gasteiger partial charge in [0.15, 0.2) is 0 Å². The Balaban J connectivity index is 1.81. The highest BCUT2D eigenvalue weighted by molar-refractivity contribution is 5.74. The number of aliphatic hydroxyl groups is 1. The van der Waals surface area contributed by atoms with Gasteiger partial charge in [-0.1, -0.05) is 19.9 Å². The Bertz CT molecular complexity index is 626. The van der Waals surface area contributed by atoms with E-state index in [-0.39, 0.29) is 29.8 Å². The second-order valence-corrected chi connectivity index (χ2v) is 9.25. The average molecular weight is 378 g/mol. The summed E-state index contributed by atoms with van der Waals surface area (Å²) in [7, 11) is 0. The highest BCUT2D eigenvalue weighted by Crippen LogP contribution is 2.51. The van der Waals surface area contributed by atoms with Crippen LogP contribution in [0.1, 0.15) is 66.7 Å². The van der Waals surface area contributed by atoms with E-state index in [9.17, 15) is 14.7 Å². The Kier molecular flexibility index (Phi) is 5.72. The standard InChI is InChI=1S/C22H35NO4/c1-13-10-20-19(14(2)12-23(16(4)24)18-7-8-18)9-6-15(3)22(20,26)11-21(13)27-17(5)25/h10,14-15,18-21,26H,6-9,11-12H2,1-5H3/t14?,15-,19+,20-,21-,22-/m1/s1. The summed E-state index contributed by atoms with van der Waals surface area (Å²) in [6, 6.07) is 0.420. The molecule has 0 radical (unpaired) electrons. The van der Waals surface area contributed by atoms with E-state index in [0.717, 1.165) is 37.8 Å². The van der Waals surface area contributed by atoms with Crippen LogP contribution in [0.2, 0.25) is 0 Å². The van der Waals surface area contributed by atoms with E-state index in [1.807, 2.05) is 11.8 Å². The molecule has 3 rings (SSSR count). The van der Waals surface area contributed by atoms with Gasteiger partial charge in [0.05, 0.1) is 5.60 Å². The Morgan fingerprint density at radius 2 is 1.96 bits per heavy atom. The SMILES string of the molecule is CC(=O)O[C@@H]1C[C@@]2(O)[C@H](C)CC[C@@H](C(C)CN(C(C)=O)C3CC3)[C@H]2C=C1C. The molecule has 2 fully saturated rings. The quantitative estimate of drug-likeness (QED) is 0.590. The molecule has 0 aliphatic heterocycles. The van der Waals surface area contributed by atoms with Crippen LogP contribution in [0.3, 0.4) is 0 Å². The van der Waals surface area contributed by atoms with Crippen molar-refractivity contribution in [2.45, 2.75) is 84.5 Å². The van der Waals surface area contributed by atoms with Gasteiger partial charge in [0.1, 0.15) is 6.10 Å². The molecule has 1 amide bonds. The summed E-state index contributed by atoms with van der Waals surface area (Å²) in [5, 5.41) is 11.6. The van der Waals surface area contributed by atoms with Crippen LogP contribution in [0.4, 0.5) is 0 Å². The van der Waals surface area contributed by atoms with E-state index in [1.165, 1.54) is 6.92 Å². The van der Waals surface area contributed by atoms with Crippen LogP contribution >= 0.6 is 0 Å². The zero-order valence-corrected chi connectivity index (χ0v) is 17.4. The van der Waals surface area contributed by atoms with Crippen molar-refractivity contribution in [3.8, 4) is 0 Å². The van der Waals surface area contributed by atoms with Gasteiger partial charge in [-0.05, 0) is 55.9 Å². The predicted octanol–water partition coefficient (Wildman–Crippen LogP) is 3.31. The van der Waals surface area contributed by atoms with Gasteiger partial charge in [0.25, 0.3) is 0 Å². The molecule has 1 unspecified atom stereocenters. The van der Waals surface area contributed by atoms with Crippen LogP contribution < -0.4 is 0 Å². The second-order valence-electron chi connectivity index (χ2n) is 9.25. The number of rotatable bonds is 5. The minimum atomic E-state index is -0.850. The van der Waals surface area contributed by atoms with Crippen LogP contribution in [0.5, 0.6) is 0 Å².